The molecule has 1 N–H and O–H groups in total. The van der Waals surface area contributed by atoms with Gasteiger partial charge in [-0.25, -0.2) is 0 Å². The summed E-state index contributed by atoms with van der Waals surface area (Å²) in [4.78, 5) is 45.2. The molecule has 0 saturated heterocycles. The van der Waals surface area contributed by atoms with Crippen molar-refractivity contribution < 1.29 is 24.5 Å². The molecule has 2 rings (SSSR count). The Bertz CT molecular complexity index is 843. The summed E-state index contributed by atoms with van der Waals surface area (Å²) in [5, 5.41) is 32.6. The van der Waals surface area contributed by atoms with Crippen LogP contribution in [0.5, 0.6) is 5.75 Å². The van der Waals surface area contributed by atoms with Crippen LogP contribution in [0.1, 0.15) is 26.3 Å². The van der Waals surface area contributed by atoms with E-state index < -0.39 is 26.5 Å². The highest BCUT2D eigenvalue weighted by molar-refractivity contribution is 7.14. The van der Waals surface area contributed by atoms with Gasteiger partial charge < -0.3 is 14.9 Å². The Morgan fingerprint density at radius 2 is 1.29 bits per heavy atom. The lowest BCUT2D eigenvalue weighted by Gasteiger charge is -2.08. The van der Waals surface area contributed by atoms with Crippen LogP contribution < -0.4 is 0 Å². The SMILES string of the molecule is CN(C)C(=O)c1csc([N+](=O)[O-])c1O.Cc1c(C(=O)N(C)C)csc1[N+](=O)[O-]. The molecule has 13 heteroatoms. The van der Waals surface area contributed by atoms with E-state index in [9.17, 15) is 34.9 Å². The van der Waals surface area contributed by atoms with Crippen LogP contribution in [0.25, 0.3) is 0 Å². The molecule has 28 heavy (non-hydrogen) atoms. The topological polar surface area (TPSA) is 147 Å². The lowest BCUT2D eigenvalue weighted by molar-refractivity contribution is -0.381. The number of aromatic hydroxyl groups is 1. The van der Waals surface area contributed by atoms with E-state index in [1.54, 1.807) is 21.0 Å². The number of rotatable bonds is 4. The van der Waals surface area contributed by atoms with Crippen molar-refractivity contribution in [3.05, 3.63) is 47.7 Å². The van der Waals surface area contributed by atoms with Crippen LogP contribution in [0.3, 0.4) is 0 Å². The van der Waals surface area contributed by atoms with Gasteiger partial charge in [0.2, 0.25) is 5.75 Å². The number of nitro groups is 2. The van der Waals surface area contributed by atoms with Crippen LogP contribution in [0.4, 0.5) is 10.0 Å². The second kappa shape index (κ2) is 9.23. The molecule has 11 nitrogen and oxygen atoms in total. The fraction of sp³-hybridized carbons (Fsp3) is 0.333. The third-order valence-electron chi connectivity index (χ3n) is 3.36. The summed E-state index contributed by atoms with van der Waals surface area (Å²) in [6, 6.07) is 0. The number of hydrogen-bond acceptors (Lipinski definition) is 9. The van der Waals surface area contributed by atoms with Crippen LogP contribution in [0.15, 0.2) is 10.8 Å². The Morgan fingerprint density at radius 1 is 0.893 bits per heavy atom. The summed E-state index contributed by atoms with van der Waals surface area (Å²) in [5.74, 6) is -1.21. The smallest absolute Gasteiger partial charge is 0.366 e. The van der Waals surface area contributed by atoms with Gasteiger partial charge in [-0.2, -0.15) is 0 Å². The molecule has 0 aliphatic rings. The summed E-state index contributed by atoms with van der Waals surface area (Å²) in [7, 11) is 6.24. The first-order valence-electron chi connectivity index (χ1n) is 7.50. The maximum atomic E-state index is 11.5. The Hall–Kier alpha value is -3.06. The van der Waals surface area contributed by atoms with Crippen molar-refractivity contribution in [3.8, 4) is 5.75 Å². The van der Waals surface area contributed by atoms with E-state index >= 15 is 0 Å². The fourth-order valence-electron chi connectivity index (χ4n) is 1.90. The standard InChI is InChI=1S/C8H10N2O3S.C7H8N2O4S/c1-5-6(7(11)9(2)3)4-14-8(5)10(12)13;1-8(2)6(11)4-3-14-7(5(4)10)9(12)13/h4H,1-3H3;3,10H,1-2H3. The molecule has 0 aromatic carbocycles. The van der Waals surface area contributed by atoms with Crippen molar-refractivity contribution in [1.82, 2.24) is 9.80 Å². The maximum Gasteiger partial charge on any atom is 0.366 e. The number of thiophene rings is 2. The summed E-state index contributed by atoms with van der Waals surface area (Å²) >= 11 is 1.72. The number of carbonyl (C=O) groups excluding carboxylic acids is 2. The Morgan fingerprint density at radius 3 is 1.64 bits per heavy atom. The zero-order valence-corrected chi connectivity index (χ0v) is 17.3. The van der Waals surface area contributed by atoms with Gasteiger partial charge in [-0.05, 0) is 6.92 Å². The molecule has 152 valence electrons. The van der Waals surface area contributed by atoms with Crippen LogP contribution in [0.2, 0.25) is 0 Å². The van der Waals surface area contributed by atoms with Crippen LogP contribution in [-0.4, -0.2) is 64.8 Å². The number of nitrogens with zero attached hydrogens (tertiary/aromatic N) is 4. The summed E-state index contributed by atoms with van der Waals surface area (Å²) < 4.78 is 0. The van der Waals surface area contributed by atoms with Gasteiger partial charge >= 0.3 is 10.0 Å². The van der Waals surface area contributed by atoms with Crippen LogP contribution in [0, 0.1) is 27.2 Å². The van der Waals surface area contributed by atoms with Gasteiger partial charge in [-0.15, -0.1) is 0 Å². The van der Waals surface area contributed by atoms with Crippen molar-refractivity contribution in [2.24, 2.45) is 0 Å². The monoisotopic (exact) mass is 430 g/mol. The van der Waals surface area contributed by atoms with Crippen molar-refractivity contribution in [3.63, 3.8) is 0 Å². The molecule has 0 aliphatic carbocycles. The molecule has 0 aliphatic heterocycles. The molecular formula is C15H18N4O7S2. The quantitative estimate of drug-likeness (QED) is 0.579. The fourth-order valence-corrected chi connectivity index (χ4v) is 3.53. The lowest BCUT2D eigenvalue weighted by Crippen LogP contribution is -2.21. The first-order valence-corrected chi connectivity index (χ1v) is 9.26. The van der Waals surface area contributed by atoms with Crippen LogP contribution in [-0.2, 0) is 0 Å². The second-order valence-corrected chi connectivity index (χ2v) is 7.51. The Balaban J connectivity index is 0.000000280. The average Bonchev–Trinajstić information content (AvgIpc) is 3.16. The van der Waals surface area contributed by atoms with E-state index in [0.717, 1.165) is 22.7 Å². The van der Waals surface area contributed by atoms with Gasteiger partial charge in [0, 0.05) is 39.0 Å². The maximum absolute atomic E-state index is 11.5. The first kappa shape index (κ1) is 23.0. The third kappa shape index (κ3) is 5.01. The molecule has 0 saturated carbocycles. The zero-order chi connectivity index (χ0) is 21.8. The zero-order valence-electron chi connectivity index (χ0n) is 15.7. The predicted octanol–water partition coefficient (Wildman–Crippen LogP) is 2.73. The second-order valence-electron chi connectivity index (χ2n) is 5.80. The highest BCUT2D eigenvalue weighted by Crippen LogP contribution is 2.36. The minimum absolute atomic E-state index is 0.0355. The van der Waals surface area contributed by atoms with E-state index in [1.807, 2.05) is 0 Å². The van der Waals surface area contributed by atoms with E-state index in [-0.39, 0.29) is 16.5 Å². The largest absolute Gasteiger partial charge is 0.501 e. The lowest BCUT2D eigenvalue weighted by atomic mass is 10.2. The van der Waals surface area contributed by atoms with Crippen LogP contribution >= 0.6 is 22.7 Å². The normalized spacial score (nSPS) is 9.89. The summed E-state index contributed by atoms with van der Waals surface area (Å²) in [6.07, 6.45) is 0. The van der Waals surface area contributed by atoms with Crippen molar-refractivity contribution in [2.75, 3.05) is 28.2 Å². The number of hydrogen-bond donors (Lipinski definition) is 1. The van der Waals surface area contributed by atoms with Gasteiger partial charge in [0.25, 0.3) is 11.8 Å². The van der Waals surface area contributed by atoms with Gasteiger partial charge in [0.1, 0.15) is 0 Å². The van der Waals surface area contributed by atoms with E-state index in [1.165, 1.54) is 34.7 Å². The molecule has 0 radical (unpaired) electrons. The average molecular weight is 430 g/mol. The Labute approximate surface area is 167 Å². The molecule has 2 aromatic rings. The first-order chi connectivity index (χ1) is 12.9. The summed E-state index contributed by atoms with van der Waals surface area (Å²) in [6.45, 7) is 1.59. The summed E-state index contributed by atoms with van der Waals surface area (Å²) in [5.41, 5.74) is 0.817. The Kier molecular flexibility index (Phi) is 7.58. The van der Waals surface area contributed by atoms with Crippen molar-refractivity contribution >= 4 is 44.5 Å². The molecule has 0 bridgehead atoms. The van der Waals surface area contributed by atoms with E-state index in [0.29, 0.717) is 11.1 Å². The molecule has 2 aromatic heterocycles. The molecule has 2 amide bonds. The van der Waals surface area contributed by atoms with Gasteiger partial charge in [0.15, 0.2) is 0 Å². The van der Waals surface area contributed by atoms with E-state index in [4.69, 9.17) is 0 Å². The molecule has 2 heterocycles. The van der Waals surface area contributed by atoms with Gasteiger partial charge in [0.05, 0.1) is 26.5 Å². The molecule has 0 fully saturated rings. The highest BCUT2D eigenvalue weighted by Gasteiger charge is 2.25. The number of carbonyl (C=O) groups is 2. The molecule has 0 spiro atoms. The molecule has 0 unspecified atom stereocenters. The minimum Gasteiger partial charge on any atom is -0.501 e. The number of amides is 2. The van der Waals surface area contributed by atoms with Crippen molar-refractivity contribution in [2.45, 2.75) is 6.92 Å². The van der Waals surface area contributed by atoms with Crippen molar-refractivity contribution in [1.29, 1.82) is 0 Å². The molecule has 0 atom stereocenters. The third-order valence-corrected chi connectivity index (χ3v) is 5.32. The van der Waals surface area contributed by atoms with Gasteiger partial charge in [-0.3, -0.25) is 29.8 Å². The van der Waals surface area contributed by atoms with Gasteiger partial charge in [-0.1, -0.05) is 22.7 Å². The van der Waals surface area contributed by atoms with E-state index in [2.05, 4.69) is 0 Å². The minimum atomic E-state index is -0.716. The highest BCUT2D eigenvalue weighted by atomic mass is 32.1. The molecular weight excluding hydrogens is 412 g/mol. The predicted molar refractivity (Wildman–Crippen MR) is 104 cm³/mol.